The van der Waals surface area contributed by atoms with Crippen molar-refractivity contribution < 1.29 is 23.5 Å². The summed E-state index contributed by atoms with van der Waals surface area (Å²) in [5.74, 6) is -1.52. The van der Waals surface area contributed by atoms with Crippen LogP contribution < -0.4 is 10.2 Å². The Hall–Kier alpha value is -3.16. The van der Waals surface area contributed by atoms with Crippen LogP contribution in [0.5, 0.6) is 5.75 Å². The van der Waals surface area contributed by atoms with E-state index in [1.165, 1.54) is 31.3 Å². The molecule has 0 saturated heterocycles. The molecule has 0 aliphatic carbocycles. The molecule has 144 valence electrons. The summed E-state index contributed by atoms with van der Waals surface area (Å²) in [6.45, 7) is 7.00. The molecule has 1 atom stereocenters. The Morgan fingerprint density at radius 3 is 2.70 bits per heavy atom. The standard InChI is InChI=1S/C19H22FN3O4/c1-5-26-19(25)17-11(2)15(22-12(17)3)10-21-23-18(24)13(4)27-16-9-7-6-8-14(16)20/h6-10,13,22H,5H2,1-4H3,(H,23,24)/b21-10+/t13-/m0/s1. The molecular formula is C19H22FN3O4. The van der Waals surface area contributed by atoms with Crippen LogP contribution in [-0.2, 0) is 9.53 Å². The fourth-order valence-corrected chi connectivity index (χ4v) is 2.45. The number of para-hydroxylation sites is 1. The molecule has 1 aromatic carbocycles. The summed E-state index contributed by atoms with van der Waals surface area (Å²) in [7, 11) is 0. The molecule has 7 nitrogen and oxygen atoms in total. The van der Waals surface area contributed by atoms with Gasteiger partial charge in [0, 0.05) is 5.69 Å². The molecule has 0 radical (unpaired) electrons. The van der Waals surface area contributed by atoms with Crippen molar-refractivity contribution in [3.63, 3.8) is 0 Å². The number of nitrogens with zero attached hydrogens (tertiary/aromatic N) is 1. The molecule has 0 unspecified atom stereocenters. The van der Waals surface area contributed by atoms with Gasteiger partial charge in [-0.15, -0.1) is 0 Å². The lowest BCUT2D eigenvalue weighted by molar-refractivity contribution is -0.127. The number of nitrogens with one attached hydrogen (secondary N) is 2. The molecule has 0 spiro atoms. The van der Waals surface area contributed by atoms with E-state index >= 15 is 0 Å². The van der Waals surface area contributed by atoms with Crippen molar-refractivity contribution in [3.05, 3.63) is 52.6 Å². The number of aromatic amines is 1. The van der Waals surface area contributed by atoms with Gasteiger partial charge >= 0.3 is 5.97 Å². The van der Waals surface area contributed by atoms with Crippen LogP contribution in [0.2, 0.25) is 0 Å². The summed E-state index contributed by atoms with van der Waals surface area (Å²) in [6.07, 6.45) is 0.444. The number of hydrogen-bond donors (Lipinski definition) is 2. The number of halogens is 1. The Morgan fingerprint density at radius 1 is 1.33 bits per heavy atom. The molecule has 1 aromatic heterocycles. The Bertz CT molecular complexity index is 861. The first-order valence-corrected chi connectivity index (χ1v) is 8.45. The second kappa shape index (κ2) is 8.98. The van der Waals surface area contributed by atoms with Gasteiger partial charge in [0.1, 0.15) is 0 Å². The Morgan fingerprint density at radius 2 is 2.04 bits per heavy atom. The molecule has 2 rings (SSSR count). The lowest BCUT2D eigenvalue weighted by atomic mass is 10.1. The number of benzene rings is 1. The van der Waals surface area contributed by atoms with Crippen molar-refractivity contribution in [2.45, 2.75) is 33.8 Å². The molecule has 2 N–H and O–H groups in total. The number of aromatic nitrogens is 1. The summed E-state index contributed by atoms with van der Waals surface area (Å²) in [4.78, 5) is 27.0. The SMILES string of the molecule is CCOC(=O)c1c(C)[nH]c(/C=N/NC(=O)[C@H](C)Oc2ccccc2F)c1C. The van der Waals surface area contributed by atoms with Gasteiger partial charge in [-0.05, 0) is 45.4 Å². The second-order valence-electron chi connectivity index (χ2n) is 5.81. The van der Waals surface area contributed by atoms with Crippen molar-refractivity contribution in [1.82, 2.24) is 10.4 Å². The third-order valence-corrected chi connectivity index (χ3v) is 3.83. The topological polar surface area (TPSA) is 92.8 Å². The van der Waals surface area contributed by atoms with Gasteiger partial charge in [0.05, 0.1) is 24.1 Å². The van der Waals surface area contributed by atoms with Gasteiger partial charge in [0.15, 0.2) is 17.7 Å². The van der Waals surface area contributed by atoms with E-state index in [4.69, 9.17) is 9.47 Å². The van der Waals surface area contributed by atoms with Gasteiger partial charge in [0.25, 0.3) is 5.91 Å². The summed E-state index contributed by atoms with van der Waals surface area (Å²) < 4.78 is 23.9. The largest absolute Gasteiger partial charge is 0.478 e. The van der Waals surface area contributed by atoms with Crippen LogP contribution in [0.4, 0.5) is 4.39 Å². The van der Waals surface area contributed by atoms with Gasteiger partial charge in [0.2, 0.25) is 0 Å². The minimum atomic E-state index is -0.944. The van der Waals surface area contributed by atoms with Crippen LogP contribution in [0.1, 0.15) is 41.2 Å². The molecule has 0 fully saturated rings. The number of ether oxygens (including phenoxy) is 2. The number of carbonyl (C=O) groups is 2. The number of hydrazone groups is 1. The van der Waals surface area contributed by atoms with Crippen molar-refractivity contribution in [2.75, 3.05) is 6.61 Å². The first-order valence-electron chi connectivity index (χ1n) is 8.45. The highest BCUT2D eigenvalue weighted by Gasteiger charge is 2.19. The van der Waals surface area contributed by atoms with Crippen molar-refractivity contribution in [2.24, 2.45) is 5.10 Å². The van der Waals surface area contributed by atoms with E-state index in [2.05, 4.69) is 15.5 Å². The number of esters is 1. The van der Waals surface area contributed by atoms with Crippen LogP contribution >= 0.6 is 0 Å². The highest BCUT2D eigenvalue weighted by molar-refractivity contribution is 5.96. The van der Waals surface area contributed by atoms with E-state index in [0.717, 1.165) is 0 Å². The monoisotopic (exact) mass is 375 g/mol. The average Bonchev–Trinajstić information content (AvgIpc) is 2.90. The zero-order valence-corrected chi connectivity index (χ0v) is 15.6. The zero-order chi connectivity index (χ0) is 20.0. The van der Waals surface area contributed by atoms with Gasteiger partial charge in [-0.25, -0.2) is 14.6 Å². The molecule has 2 aromatic rings. The van der Waals surface area contributed by atoms with Gasteiger partial charge < -0.3 is 14.5 Å². The van der Waals surface area contributed by atoms with Crippen LogP contribution in [0.3, 0.4) is 0 Å². The predicted octanol–water partition coefficient (Wildman–Crippen LogP) is 2.86. The predicted molar refractivity (Wildman–Crippen MR) is 98.4 cm³/mol. The van der Waals surface area contributed by atoms with Gasteiger partial charge in [-0.2, -0.15) is 5.10 Å². The van der Waals surface area contributed by atoms with Crippen molar-refractivity contribution in [3.8, 4) is 5.75 Å². The normalized spacial score (nSPS) is 12.0. The van der Waals surface area contributed by atoms with Crippen LogP contribution in [0.25, 0.3) is 0 Å². The maximum absolute atomic E-state index is 13.6. The van der Waals surface area contributed by atoms with Crippen molar-refractivity contribution in [1.29, 1.82) is 0 Å². The molecular weight excluding hydrogens is 353 g/mol. The molecule has 1 amide bonds. The maximum Gasteiger partial charge on any atom is 0.340 e. The van der Waals surface area contributed by atoms with E-state index in [1.54, 1.807) is 26.8 Å². The molecule has 0 saturated carbocycles. The number of hydrogen-bond acceptors (Lipinski definition) is 5. The lowest BCUT2D eigenvalue weighted by Gasteiger charge is -2.13. The first kappa shape index (κ1) is 20.2. The number of carbonyl (C=O) groups excluding carboxylic acids is 2. The molecule has 0 bridgehead atoms. The van der Waals surface area contributed by atoms with Gasteiger partial charge in [-0.3, -0.25) is 4.79 Å². The highest BCUT2D eigenvalue weighted by Crippen LogP contribution is 2.18. The lowest BCUT2D eigenvalue weighted by Crippen LogP contribution is -2.33. The van der Waals surface area contributed by atoms with Gasteiger partial charge in [-0.1, -0.05) is 12.1 Å². The van der Waals surface area contributed by atoms with E-state index in [1.807, 2.05) is 0 Å². The number of aryl methyl sites for hydroxylation is 1. The number of H-pyrrole nitrogens is 1. The maximum atomic E-state index is 13.6. The first-order chi connectivity index (χ1) is 12.8. The van der Waals surface area contributed by atoms with Crippen LogP contribution in [0, 0.1) is 19.7 Å². The van der Waals surface area contributed by atoms with E-state index < -0.39 is 23.8 Å². The van der Waals surface area contributed by atoms with Crippen molar-refractivity contribution >= 4 is 18.1 Å². The minimum Gasteiger partial charge on any atom is -0.478 e. The van der Waals surface area contributed by atoms with Crippen LogP contribution in [-0.4, -0.2) is 35.8 Å². The van der Waals surface area contributed by atoms with Crippen LogP contribution in [0.15, 0.2) is 29.4 Å². The van der Waals surface area contributed by atoms with E-state index in [9.17, 15) is 14.0 Å². The smallest absolute Gasteiger partial charge is 0.340 e. The Labute approximate surface area is 156 Å². The second-order valence-corrected chi connectivity index (χ2v) is 5.81. The zero-order valence-electron chi connectivity index (χ0n) is 15.6. The Balaban J connectivity index is 2.00. The number of amides is 1. The molecule has 0 aliphatic heterocycles. The Kier molecular flexibility index (Phi) is 6.70. The molecule has 27 heavy (non-hydrogen) atoms. The summed E-state index contributed by atoms with van der Waals surface area (Å²) in [5.41, 5.74) is 4.66. The third kappa shape index (κ3) is 4.93. The summed E-state index contributed by atoms with van der Waals surface area (Å²) in [5, 5.41) is 3.87. The fourth-order valence-electron chi connectivity index (χ4n) is 2.45. The summed E-state index contributed by atoms with van der Waals surface area (Å²) in [6, 6.07) is 5.82. The number of rotatable bonds is 7. The third-order valence-electron chi connectivity index (χ3n) is 3.83. The average molecular weight is 375 g/mol. The van der Waals surface area contributed by atoms with E-state index in [-0.39, 0.29) is 12.4 Å². The van der Waals surface area contributed by atoms with E-state index in [0.29, 0.717) is 22.5 Å². The molecule has 8 heteroatoms. The summed E-state index contributed by atoms with van der Waals surface area (Å²) >= 11 is 0. The minimum absolute atomic E-state index is 0.0148. The molecule has 0 aliphatic rings. The quantitative estimate of drug-likeness (QED) is 0.442. The fraction of sp³-hybridized carbons (Fsp3) is 0.316. The highest BCUT2D eigenvalue weighted by atomic mass is 19.1. The molecule has 1 heterocycles.